The van der Waals surface area contributed by atoms with Crippen molar-refractivity contribution in [1.82, 2.24) is 10.2 Å². The maximum atomic E-state index is 12.2. The van der Waals surface area contributed by atoms with Crippen LogP contribution < -0.4 is 5.32 Å². The third kappa shape index (κ3) is 4.77. The second kappa shape index (κ2) is 8.64. The molecule has 6 nitrogen and oxygen atoms in total. The number of likely N-dealkylation sites (tertiary alicyclic amines) is 1. The zero-order chi connectivity index (χ0) is 16.7. The normalized spacial score (nSPS) is 17.9. The Kier molecular flexibility index (Phi) is 6.55. The van der Waals surface area contributed by atoms with E-state index < -0.39 is 0 Å². The average molecular weight is 320 g/mol. The van der Waals surface area contributed by atoms with Crippen LogP contribution in [0, 0.1) is 0 Å². The standard InChI is InChI=1S/C17H24N2O4/c1-22-12-14-7-4-3-6-13(14)10-18-16(20)11-19-9-5-8-15(19)17(21)23-2/h3-4,6-7,15H,5,8-12H2,1-2H3,(H,18,20). The Morgan fingerprint density at radius 3 is 2.70 bits per heavy atom. The molecule has 126 valence electrons. The van der Waals surface area contributed by atoms with Gasteiger partial charge in [-0.25, -0.2) is 0 Å². The number of carbonyl (C=O) groups is 2. The van der Waals surface area contributed by atoms with Crippen LogP contribution in [-0.2, 0) is 32.2 Å². The predicted octanol–water partition coefficient (Wildman–Crippen LogP) is 1.09. The maximum Gasteiger partial charge on any atom is 0.323 e. The lowest BCUT2D eigenvalue weighted by atomic mass is 10.1. The van der Waals surface area contributed by atoms with E-state index in [2.05, 4.69) is 5.32 Å². The fourth-order valence-corrected chi connectivity index (χ4v) is 2.88. The summed E-state index contributed by atoms with van der Waals surface area (Å²) in [5.74, 6) is -0.353. The average Bonchev–Trinajstić information content (AvgIpc) is 3.01. The summed E-state index contributed by atoms with van der Waals surface area (Å²) in [4.78, 5) is 25.7. The molecular formula is C17H24N2O4. The second-order valence-corrected chi connectivity index (χ2v) is 5.63. The van der Waals surface area contributed by atoms with Crippen molar-refractivity contribution in [2.45, 2.75) is 32.0 Å². The second-order valence-electron chi connectivity index (χ2n) is 5.63. The SMILES string of the molecule is COCc1ccccc1CNC(=O)CN1CCCC1C(=O)OC. The van der Waals surface area contributed by atoms with Gasteiger partial charge in [-0.05, 0) is 30.5 Å². The van der Waals surface area contributed by atoms with Crippen molar-refractivity contribution in [2.24, 2.45) is 0 Å². The van der Waals surface area contributed by atoms with Gasteiger partial charge in [0.2, 0.25) is 5.91 Å². The molecule has 1 amide bonds. The van der Waals surface area contributed by atoms with Crippen LogP contribution in [0.1, 0.15) is 24.0 Å². The Balaban J connectivity index is 1.87. The van der Waals surface area contributed by atoms with Gasteiger partial charge in [0, 0.05) is 13.7 Å². The smallest absolute Gasteiger partial charge is 0.323 e. The summed E-state index contributed by atoms with van der Waals surface area (Å²) in [7, 11) is 3.03. The first kappa shape index (κ1) is 17.4. The summed E-state index contributed by atoms with van der Waals surface area (Å²) in [6, 6.07) is 7.55. The molecule has 1 N–H and O–H groups in total. The van der Waals surface area contributed by atoms with Gasteiger partial charge >= 0.3 is 5.97 Å². The summed E-state index contributed by atoms with van der Waals surface area (Å²) in [6.07, 6.45) is 1.65. The van der Waals surface area contributed by atoms with Crippen molar-refractivity contribution in [2.75, 3.05) is 27.3 Å². The third-order valence-corrected chi connectivity index (χ3v) is 4.08. The van der Waals surface area contributed by atoms with E-state index in [4.69, 9.17) is 9.47 Å². The van der Waals surface area contributed by atoms with Crippen LogP contribution in [-0.4, -0.2) is 50.1 Å². The van der Waals surface area contributed by atoms with Crippen molar-refractivity contribution < 1.29 is 19.1 Å². The van der Waals surface area contributed by atoms with Gasteiger partial charge in [0.15, 0.2) is 0 Å². The molecule has 1 aromatic carbocycles. The van der Waals surface area contributed by atoms with E-state index in [0.29, 0.717) is 13.2 Å². The van der Waals surface area contributed by atoms with Crippen LogP contribution in [0.5, 0.6) is 0 Å². The molecule has 0 spiro atoms. The molecule has 6 heteroatoms. The van der Waals surface area contributed by atoms with Crippen molar-refractivity contribution in [3.63, 3.8) is 0 Å². The summed E-state index contributed by atoms with van der Waals surface area (Å²) in [5.41, 5.74) is 2.09. The molecule has 0 bridgehead atoms. The Bertz CT molecular complexity index is 547. The number of rotatable bonds is 7. The fourth-order valence-electron chi connectivity index (χ4n) is 2.88. The van der Waals surface area contributed by atoms with E-state index in [1.165, 1.54) is 7.11 Å². The molecule has 1 aromatic rings. The van der Waals surface area contributed by atoms with Crippen molar-refractivity contribution >= 4 is 11.9 Å². The molecule has 1 saturated heterocycles. The number of ether oxygens (including phenoxy) is 2. The van der Waals surface area contributed by atoms with Gasteiger partial charge in [0.1, 0.15) is 6.04 Å². The molecule has 0 saturated carbocycles. The molecule has 1 aliphatic heterocycles. The highest BCUT2D eigenvalue weighted by Gasteiger charge is 2.32. The number of methoxy groups -OCH3 is 2. The van der Waals surface area contributed by atoms with Crippen molar-refractivity contribution in [3.05, 3.63) is 35.4 Å². The molecule has 1 atom stereocenters. The van der Waals surface area contributed by atoms with E-state index in [1.807, 2.05) is 29.2 Å². The number of benzene rings is 1. The predicted molar refractivity (Wildman–Crippen MR) is 85.6 cm³/mol. The minimum atomic E-state index is -0.300. The molecule has 1 heterocycles. The minimum absolute atomic E-state index is 0.0898. The topological polar surface area (TPSA) is 67.9 Å². The highest BCUT2D eigenvalue weighted by Crippen LogP contribution is 2.17. The van der Waals surface area contributed by atoms with Gasteiger partial charge in [0.05, 0.1) is 20.3 Å². The van der Waals surface area contributed by atoms with Gasteiger partial charge in [-0.2, -0.15) is 0 Å². The van der Waals surface area contributed by atoms with Crippen molar-refractivity contribution in [3.8, 4) is 0 Å². The highest BCUT2D eigenvalue weighted by atomic mass is 16.5. The molecule has 23 heavy (non-hydrogen) atoms. The monoisotopic (exact) mass is 320 g/mol. The molecule has 1 aliphatic rings. The van der Waals surface area contributed by atoms with Crippen LogP contribution in [0.15, 0.2) is 24.3 Å². The molecule has 0 aliphatic carbocycles. The van der Waals surface area contributed by atoms with Crippen LogP contribution in [0.2, 0.25) is 0 Å². The number of nitrogens with zero attached hydrogens (tertiary/aromatic N) is 1. The molecular weight excluding hydrogens is 296 g/mol. The Morgan fingerprint density at radius 2 is 2.00 bits per heavy atom. The number of nitrogens with one attached hydrogen (secondary N) is 1. The quantitative estimate of drug-likeness (QED) is 0.762. The largest absolute Gasteiger partial charge is 0.468 e. The lowest BCUT2D eigenvalue weighted by Gasteiger charge is -2.21. The number of hydrogen-bond acceptors (Lipinski definition) is 5. The lowest BCUT2D eigenvalue weighted by molar-refractivity contribution is -0.146. The highest BCUT2D eigenvalue weighted by molar-refractivity contribution is 5.80. The summed E-state index contributed by atoms with van der Waals surface area (Å²) < 4.78 is 9.96. The maximum absolute atomic E-state index is 12.2. The zero-order valence-electron chi connectivity index (χ0n) is 13.7. The van der Waals surface area contributed by atoms with Crippen LogP contribution in [0.4, 0.5) is 0 Å². The van der Waals surface area contributed by atoms with Gasteiger partial charge in [-0.1, -0.05) is 24.3 Å². The van der Waals surface area contributed by atoms with Gasteiger partial charge < -0.3 is 14.8 Å². The first-order chi connectivity index (χ1) is 11.2. The Morgan fingerprint density at radius 1 is 1.26 bits per heavy atom. The Hall–Kier alpha value is -1.92. The first-order valence-corrected chi connectivity index (χ1v) is 7.80. The number of esters is 1. The third-order valence-electron chi connectivity index (χ3n) is 4.08. The van der Waals surface area contributed by atoms with E-state index in [0.717, 1.165) is 30.5 Å². The van der Waals surface area contributed by atoms with E-state index >= 15 is 0 Å². The van der Waals surface area contributed by atoms with E-state index in [1.54, 1.807) is 7.11 Å². The molecule has 1 unspecified atom stereocenters. The van der Waals surface area contributed by atoms with Gasteiger partial charge in [-0.3, -0.25) is 14.5 Å². The fraction of sp³-hybridized carbons (Fsp3) is 0.529. The van der Waals surface area contributed by atoms with Crippen LogP contribution >= 0.6 is 0 Å². The number of hydrogen-bond donors (Lipinski definition) is 1. The summed E-state index contributed by atoms with van der Waals surface area (Å²) >= 11 is 0. The van der Waals surface area contributed by atoms with Crippen molar-refractivity contribution in [1.29, 1.82) is 0 Å². The molecule has 0 radical (unpaired) electrons. The van der Waals surface area contributed by atoms with E-state index in [-0.39, 0.29) is 24.5 Å². The van der Waals surface area contributed by atoms with Gasteiger partial charge in [0.25, 0.3) is 0 Å². The number of carbonyl (C=O) groups excluding carboxylic acids is 2. The van der Waals surface area contributed by atoms with Crippen LogP contribution in [0.25, 0.3) is 0 Å². The molecule has 1 fully saturated rings. The Labute approximate surface area is 136 Å². The minimum Gasteiger partial charge on any atom is -0.468 e. The summed E-state index contributed by atoms with van der Waals surface area (Å²) in [6.45, 7) is 1.93. The zero-order valence-corrected chi connectivity index (χ0v) is 13.7. The molecule has 0 aromatic heterocycles. The van der Waals surface area contributed by atoms with E-state index in [9.17, 15) is 9.59 Å². The summed E-state index contributed by atoms with van der Waals surface area (Å²) in [5, 5.41) is 2.91. The van der Waals surface area contributed by atoms with Crippen LogP contribution in [0.3, 0.4) is 0 Å². The van der Waals surface area contributed by atoms with Gasteiger partial charge in [-0.15, -0.1) is 0 Å². The lowest BCUT2D eigenvalue weighted by Crippen LogP contribution is -2.43. The molecule has 2 rings (SSSR count). The number of amides is 1. The first-order valence-electron chi connectivity index (χ1n) is 7.80.